The van der Waals surface area contributed by atoms with Gasteiger partial charge in [-0.3, -0.25) is 4.79 Å². The number of carbonyl (C=O) groups is 3. The van der Waals surface area contributed by atoms with Crippen LogP contribution in [0.3, 0.4) is 0 Å². The number of nitrogens with zero attached hydrogens (tertiary/aromatic N) is 1. The number of hydrogen-bond donors (Lipinski definition) is 3. The number of rotatable bonds is 7. The number of benzene rings is 1. The lowest BCUT2D eigenvalue weighted by atomic mass is 10.1. The van der Waals surface area contributed by atoms with E-state index < -0.39 is 17.8 Å². The molecule has 3 rings (SSSR count). The molecule has 0 spiro atoms. The number of H-pyrrole nitrogens is 1. The fourth-order valence-electron chi connectivity index (χ4n) is 3.58. The summed E-state index contributed by atoms with van der Waals surface area (Å²) in [5.41, 5.74) is 3.13. The van der Waals surface area contributed by atoms with Crippen molar-refractivity contribution in [3.05, 3.63) is 58.1 Å². The number of carbonyl (C=O) groups excluding carboxylic acids is 3. The first-order valence-corrected chi connectivity index (χ1v) is 10.8. The number of aromatic nitrogens is 1. The zero-order valence-corrected chi connectivity index (χ0v) is 19.8. The number of nitrogens with one attached hydrogen (secondary N) is 3. The first-order chi connectivity index (χ1) is 16.3. The number of hydrogen-bond acceptors (Lipinski definition) is 8. The lowest BCUT2D eigenvalue weighted by Crippen LogP contribution is -2.36. The first-order valence-electron chi connectivity index (χ1n) is 10.8. The van der Waals surface area contributed by atoms with Gasteiger partial charge < -0.3 is 29.8 Å². The van der Waals surface area contributed by atoms with Crippen LogP contribution in [-0.2, 0) is 19.0 Å². The molecule has 3 N–H and O–H groups in total. The average Bonchev–Trinajstić information content (AvgIpc) is 3.00. The number of ether oxygens (including phenoxy) is 3. The highest BCUT2D eigenvalue weighted by atomic mass is 16.6. The molecule has 0 atom stereocenters. The van der Waals surface area contributed by atoms with Crippen LogP contribution in [0.15, 0.2) is 40.5 Å². The largest absolute Gasteiger partial charge is 0.462 e. The van der Waals surface area contributed by atoms with Crippen LogP contribution in [0.4, 0.5) is 11.4 Å². The quantitative estimate of drug-likeness (QED) is 0.420. The summed E-state index contributed by atoms with van der Waals surface area (Å²) in [6.45, 7) is 7.23. The second-order valence-corrected chi connectivity index (χ2v) is 7.53. The average molecular weight is 469 g/mol. The number of esters is 2. The Labute approximate surface area is 197 Å². The Hall–Kier alpha value is -3.92. The fraction of sp³-hybridized carbons (Fsp3) is 0.333. The lowest BCUT2D eigenvalue weighted by molar-refractivity contribution is -0.137. The lowest BCUT2D eigenvalue weighted by Gasteiger charge is -2.13. The maximum Gasteiger partial charge on any atom is 0.343 e. The molecule has 1 amide bonds. The van der Waals surface area contributed by atoms with Crippen LogP contribution in [0.2, 0.25) is 0 Å². The minimum absolute atomic E-state index is 0.0364. The summed E-state index contributed by atoms with van der Waals surface area (Å²) < 4.78 is 15.3. The van der Waals surface area contributed by atoms with E-state index in [1.807, 2.05) is 12.1 Å². The van der Waals surface area contributed by atoms with Crippen LogP contribution in [0.1, 0.15) is 46.0 Å². The van der Waals surface area contributed by atoms with Gasteiger partial charge in [-0.25, -0.2) is 14.6 Å². The molecule has 0 aliphatic carbocycles. The van der Waals surface area contributed by atoms with Crippen molar-refractivity contribution in [2.45, 2.75) is 27.7 Å². The number of methoxy groups -OCH3 is 1. The summed E-state index contributed by atoms with van der Waals surface area (Å²) in [5, 5.41) is 5.87. The number of amidine groups is 1. The Balaban J connectivity index is 1.96. The molecule has 10 heteroatoms. The number of aliphatic imine (C=N–C) groups is 1. The number of allylic oxidation sites excluding steroid dienone is 1. The van der Waals surface area contributed by atoms with Crippen molar-refractivity contribution in [3.63, 3.8) is 0 Å². The Kier molecular flexibility index (Phi) is 7.85. The van der Waals surface area contributed by atoms with Crippen molar-refractivity contribution >= 4 is 35.1 Å². The van der Waals surface area contributed by atoms with Crippen molar-refractivity contribution in [2.24, 2.45) is 4.99 Å². The Morgan fingerprint density at radius 1 is 1.03 bits per heavy atom. The van der Waals surface area contributed by atoms with E-state index in [0.29, 0.717) is 28.3 Å². The number of amides is 1. The molecule has 1 aromatic carbocycles. The topological polar surface area (TPSA) is 131 Å². The Bertz CT molecular complexity index is 1180. The highest BCUT2D eigenvalue weighted by Gasteiger charge is 2.29. The summed E-state index contributed by atoms with van der Waals surface area (Å²) in [6, 6.07) is 7.21. The van der Waals surface area contributed by atoms with Crippen LogP contribution in [0.25, 0.3) is 0 Å². The SMILES string of the molecule is CCOC(=O)C1=C(C)Nc2ccccc2N=C1NC(=O)c1[nH]c(C)c(C(=O)OCCOC)c1C. The summed E-state index contributed by atoms with van der Waals surface area (Å²) in [7, 11) is 1.51. The van der Waals surface area contributed by atoms with E-state index in [-0.39, 0.29) is 42.5 Å². The normalized spacial score (nSPS) is 12.8. The van der Waals surface area contributed by atoms with Crippen molar-refractivity contribution in [2.75, 3.05) is 32.2 Å². The van der Waals surface area contributed by atoms with Gasteiger partial charge >= 0.3 is 11.9 Å². The van der Waals surface area contributed by atoms with Crippen LogP contribution >= 0.6 is 0 Å². The van der Waals surface area contributed by atoms with Gasteiger partial charge in [0.25, 0.3) is 5.91 Å². The van der Waals surface area contributed by atoms with Gasteiger partial charge in [0, 0.05) is 18.5 Å². The van der Waals surface area contributed by atoms with Gasteiger partial charge in [-0.05, 0) is 45.4 Å². The third-order valence-electron chi connectivity index (χ3n) is 5.17. The maximum absolute atomic E-state index is 13.2. The molecule has 0 radical (unpaired) electrons. The van der Waals surface area contributed by atoms with E-state index in [9.17, 15) is 14.4 Å². The number of aromatic amines is 1. The van der Waals surface area contributed by atoms with E-state index in [1.54, 1.807) is 39.8 Å². The number of anilines is 1. The molecule has 0 unspecified atom stereocenters. The molecule has 1 aromatic heterocycles. The molecule has 1 aliphatic heterocycles. The van der Waals surface area contributed by atoms with Gasteiger partial charge in [0.15, 0.2) is 0 Å². The summed E-state index contributed by atoms with van der Waals surface area (Å²) in [6.07, 6.45) is 0. The molecule has 1 aliphatic rings. The molecule has 180 valence electrons. The van der Waals surface area contributed by atoms with Gasteiger partial charge in [0.2, 0.25) is 0 Å². The van der Waals surface area contributed by atoms with Crippen LogP contribution in [0.5, 0.6) is 0 Å². The molecule has 0 saturated heterocycles. The molecule has 0 fully saturated rings. The zero-order valence-electron chi connectivity index (χ0n) is 19.8. The molecule has 2 heterocycles. The highest BCUT2D eigenvalue weighted by molar-refractivity contribution is 6.25. The smallest absolute Gasteiger partial charge is 0.343 e. The molecular weight excluding hydrogens is 440 g/mol. The second kappa shape index (κ2) is 10.8. The van der Waals surface area contributed by atoms with Crippen molar-refractivity contribution in [1.29, 1.82) is 0 Å². The van der Waals surface area contributed by atoms with Gasteiger partial charge in [-0.2, -0.15) is 0 Å². The third-order valence-corrected chi connectivity index (χ3v) is 5.17. The summed E-state index contributed by atoms with van der Waals surface area (Å²) in [5.74, 6) is -1.71. The van der Waals surface area contributed by atoms with Crippen molar-refractivity contribution in [1.82, 2.24) is 10.3 Å². The van der Waals surface area contributed by atoms with E-state index in [1.165, 1.54) is 7.11 Å². The van der Waals surface area contributed by atoms with Crippen molar-refractivity contribution < 1.29 is 28.6 Å². The first kappa shape index (κ1) is 24.7. The molecule has 2 aromatic rings. The maximum atomic E-state index is 13.2. The van der Waals surface area contributed by atoms with E-state index in [4.69, 9.17) is 14.2 Å². The number of aryl methyl sites for hydroxylation is 1. The Morgan fingerprint density at radius 2 is 1.76 bits per heavy atom. The van der Waals surface area contributed by atoms with Gasteiger partial charge in [-0.15, -0.1) is 0 Å². The molecule has 34 heavy (non-hydrogen) atoms. The molecule has 0 saturated carbocycles. The monoisotopic (exact) mass is 468 g/mol. The number of fused-ring (bicyclic) bond motifs is 1. The van der Waals surface area contributed by atoms with Crippen LogP contribution in [-0.4, -0.2) is 55.6 Å². The third kappa shape index (κ3) is 5.18. The van der Waals surface area contributed by atoms with E-state index >= 15 is 0 Å². The van der Waals surface area contributed by atoms with Crippen LogP contribution < -0.4 is 10.6 Å². The van der Waals surface area contributed by atoms with Gasteiger partial charge in [0.05, 0.1) is 30.2 Å². The summed E-state index contributed by atoms with van der Waals surface area (Å²) >= 11 is 0. The van der Waals surface area contributed by atoms with Crippen molar-refractivity contribution in [3.8, 4) is 0 Å². The molecular formula is C24H28N4O6. The summed E-state index contributed by atoms with van der Waals surface area (Å²) in [4.78, 5) is 46.0. The molecule has 10 nitrogen and oxygen atoms in total. The standard InChI is InChI=1S/C24H28N4O6/c1-6-33-24(31)19-15(4)25-16-9-7-8-10-17(16)27-21(19)28-22(29)20-13(2)18(14(3)26-20)23(30)34-12-11-32-5/h7-10,25-26H,6,11-12H2,1-5H3,(H,27,28,29). The van der Waals surface area contributed by atoms with Gasteiger partial charge in [-0.1, -0.05) is 12.1 Å². The van der Waals surface area contributed by atoms with Crippen LogP contribution in [0, 0.1) is 13.8 Å². The van der Waals surface area contributed by atoms with Gasteiger partial charge in [0.1, 0.15) is 23.7 Å². The van der Waals surface area contributed by atoms with E-state index in [2.05, 4.69) is 20.6 Å². The Morgan fingerprint density at radius 3 is 2.47 bits per heavy atom. The minimum Gasteiger partial charge on any atom is -0.462 e. The fourth-order valence-corrected chi connectivity index (χ4v) is 3.58. The van der Waals surface area contributed by atoms with E-state index in [0.717, 1.165) is 0 Å². The second-order valence-electron chi connectivity index (χ2n) is 7.53. The molecule has 0 bridgehead atoms. The number of para-hydroxylation sites is 2. The predicted molar refractivity (Wildman–Crippen MR) is 126 cm³/mol. The minimum atomic E-state index is -0.624. The zero-order chi connectivity index (χ0) is 24.8. The predicted octanol–water partition coefficient (Wildman–Crippen LogP) is 3.16. The highest BCUT2D eigenvalue weighted by Crippen LogP contribution is 2.30.